The molecule has 2 N–H and O–H groups in total. The van der Waals surface area contributed by atoms with Crippen LogP contribution in [0.2, 0.25) is 0 Å². The molecule has 0 bridgehead atoms. The molecule has 2 aliphatic rings. The topological polar surface area (TPSA) is 65.2 Å². The average molecular weight is 394 g/mol. The number of rotatable bonds is 3. The van der Waals surface area contributed by atoms with E-state index in [-0.39, 0.29) is 28.6 Å². The van der Waals surface area contributed by atoms with Crippen LogP contribution in [0.4, 0.5) is 0 Å². The van der Waals surface area contributed by atoms with Crippen molar-refractivity contribution < 1.29 is 4.79 Å². The van der Waals surface area contributed by atoms with Gasteiger partial charge in [0.15, 0.2) is 0 Å². The van der Waals surface area contributed by atoms with Crippen molar-refractivity contribution in [2.45, 2.75) is 70.0 Å². The lowest BCUT2D eigenvalue weighted by Gasteiger charge is -2.44. The fourth-order valence-electron chi connectivity index (χ4n) is 5.16. The van der Waals surface area contributed by atoms with Crippen LogP contribution < -0.4 is 10.9 Å². The molecule has 2 aliphatic heterocycles. The molecule has 1 aromatic heterocycles. The number of pyridine rings is 1. The Morgan fingerprint density at radius 3 is 2.69 bits per heavy atom. The molecular weight excluding hydrogens is 362 g/mol. The summed E-state index contributed by atoms with van der Waals surface area (Å²) in [5.41, 5.74) is 1.77. The Morgan fingerprint density at radius 1 is 1.14 bits per heavy atom. The molecule has 0 radical (unpaired) electrons. The number of aromatic amines is 1. The van der Waals surface area contributed by atoms with Crippen molar-refractivity contribution in [3.63, 3.8) is 0 Å². The van der Waals surface area contributed by atoms with Gasteiger partial charge in [-0.05, 0) is 57.2 Å². The second-order valence-corrected chi connectivity index (χ2v) is 8.86. The van der Waals surface area contributed by atoms with Crippen molar-refractivity contribution in [1.29, 1.82) is 0 Å². The molecule has 0 unspecified atom stereocenters. The number of nitrogens with one attached hydrogen (secondary N) is 2. The second-order valence-electron chi connectivity index (χ2n) is 8.86. The van der Waals surface area contributed by atoms with Crippen LogP contribution in [0, 0.1) is 6.92 Å². The fraction of sp³-hybridized carbons (Fsp3) is 0.500. The van der Waals surface area contributed by atoms with E-state index in [4.69, 9.17) is 0 Å². The van der Waals surface area contributed by atoms with Crippen LogP contribution in [0.1, 0.15) is 60.6 Å². The highest BCUT2D eigenvalue weighted by Crippen LogP contribution is 2.37. The van der Waals surface area contributed by atoms with E-state index < -0.39 is 0 Å². The lowest BCUT2D eigenvalue weighted by Crippen LogP contribution is -2.58. The van der Waals surface area contributed by atoms with Crippen LogP contribution in [0.5, 0.6) is 0 Å². The lowest BCUT2D eigenvalue weighted by atomic mass is 9.83. The number of benzene rings is 1. The summed E-state index contributed by atoms with van der Waals surface area (Å²) in [5.74, 6) is -0.136. The molecule has 154 valence electrons. The van der Waals surface area contributed by atoms with Crippen LogP contribution in [-0.4, -0.2) is 40.0 Å². The van der Waals surface area contributed by atoms with Gasteiger partial charge in [-0.15, -0.1) is 0 Å². The zero-order chi connectivity index (χ0) is 20.4. The van der Waals surface area contributed by atoms with Crippen LogP contribution in [0.3, 0.4) is 0 Å². The molecule has 0 aliphatic carbocycles. The lowest BCUT2D eigenvalue weighted by molar-refractivity contribution is 0.0424. The maximum atomic E-state index is 13.5. The van der Waals surface area contributed by atoms with Crippen LogP contribution in [-0.2, 0) is 6.42 Å². The molecule has 3 heterocycles. The Morgan fingerprint density at radius 2 is 1.93 bits per heavy atom. The standard InChI is InChI=1S/C24H31N3O2/c1-17-12-13-20(22(28)25-17)23(29)27-14-8-4-7-11-21-24(27,2)16-19(26-21)15-18-9-5-3-6-10-18/h3,5-6,9-10,12-13,19,21,26H,4,7-8,11,14-16H2,1-2H3,(H,25,28)/t19-,21+,24+/m1/s1. The summed E-state index contributed by atoms with van der Waals surface area (Å²) in [5, 5.41) is 3.83. The quantitative estimate of drug-likeness (QED) is 0.840. The van der Waals surface area contributed by atoms with Gasteiger partial charge >= 0.3 is 0 Å². The zero-order valence-corrected chi connectivity index (χ0v) is 17.4. The number of amides is 1. The van der Waals surface area contributed by atoms with Crippen molar-refractivity contribution in [3.8, 4) is 0 Å². The van der Waals surface area contributed by atoms with E-state index in [9.17, 15) is 9.59 Å². The molecule has 2 saturated heterocycles. The Bertz CT molecular complexity index is 923. The third-order valence-electron chi connectivity index (χ3n) is 6.69. The van der Waals surface area contributed by atoms with Gasteiger partial charge in [-0.3, -0.25) is 9.59 Å². The predicted molar refractivity (Wildman–Crippen MR) is 115 cm³/mol. The average Bonchev–Trinajstić information content (AvgIpc) is 2.98. The number of nitrogens with zero attached hydrogens (tertiary/aromatic N) is 1. The number of hydrogen-bond acceptors (Lipinski definition) is 3. The van der Waals surface area contributed by atoms with Crippen molar-refractivity contribution in [2.24, 2.45) is 0 Å². The Kier molecular flexibility index (Phi) is 5.59. The maximum absolute atomic E-state index is 13.5. The van der Waals surface area contributed by atoms with Gasteiger partial charge in [0, 0.05) is 24.3 Å². The normalized spacial score (nSPS) is 27.2. The van der Waals surface area contributed by atoms with E-state index in [1.807, 2.05) is 24.0 Å². The monoisotopic (exact) mass is 393 g/mol. The first-order chi connectivity index (χ1) is 14.0. The van der Waals surface area contributed by atoms with Gasteiger partial charge in [-0.2, -0.15) is 0 Å². The first-order valence-corrected chi connectivity index (χ1v) is 10.8. The minimum atomic E-state index is -0.288. The van der Waals surface area contributed by atoms with Gasteiger partial charge in [-0.1, -0.05) is 43.2 Å². The number of carbonyl (C=O) groups excluding carboxylic acids is 1. The minimum absolute atomic E-state index is 0.136. The molecule has 3 atom stereocenters. The SMILES string of the molecule is Cc1ccc(C(=O)N2CCCCC[C@@H]3N[C@H](Cc4ccccc4)C[C@@]32C)c(=O)[nH]1. The number of fused-ring (bicyclic) bond motifs is 1. The van der Waals surface area contributed by atoms with Gasteiger partial charge in [0.05, 0.1) is 5.54 Å². The summed E-state index contributed by atoms with van der Waals surface area (Å²) >= 11 is 0. The second kappa shape index (κ2) is 8.15. The number of H-pyrrole nitrogens is 1. The van der Waals surface area contributed by atoms with E-state index >= 15 is 0 Å². The molecule has 2 aromatic rings. The van der Waals surface area contributed by atoms with Crippen LogP contribution >= 0.6 is 0 Å². The highest BCUT2D eigenvalue weighted by Gasteiger charge is 2.49. The smallest absolute Gasteiger partial charge is 0.260 e. The molecule has 2 fully saturated rings. The third kappa shape index (κ3) is 4.01. The maximum Gasteiger partial charge on any atom is 0.260 e. The molecule has 5 nitrogen and oxygen atoms in total. The largest absolute Gasteiger partial charge is 0.331 e. The van der Waals surface area contributed by atoms with E-state index in [0.29, 0.717) is 12.6 Å². The summed E-state index contributed by atoms with van der Waals surface area (Å²) < 4.78 is 0. The molecular formula is C24H31N3O2. The summed E-state index contributed by atoms with van der Waals surface area (Å²) in [6, 6.07) is 14.6. The molecule has 4 rings (SSSR count). The Balaban J connectivity index is 1.62. The Labute approximate surface area is 172 Å². The van der Waals surface area contributed by atoms with E-state index in [2.05, 4.69) is 41.5 Å². The molecule has 0 saturated carbocycles. The molecule has 1 amide bonds. The summed E-state index contributed by atoms with van der Waals surface area (Å²) in [6.07, 6.45) is 6.21. The summed E-state index contributed by atoms with van der Waals surface area (Å²) in [7, 11) is 0. The highest BCUT2D eigenvalue weighted by atomic mass is 16.2. The number of likely N-dealkylation sites (tertiary alicyclic amines) is 1. The predicted octanol–water partition coefficient (Wildman–Crippen LogP) is 3.43. The van der Waals surface area contributed by atoms with Crippen molar-refractivity contribution in [3.05, 3.63) is 69.6 Å². The number of aryl methyl sites for hydroxylation is 1. The minimum Gasteiger partial charge on any atom is -0.331 e. The first-order valence-electron chi connectivity index (χ1n) is 10.8. The van der Waals surface area contributed by atoms with Crippen molar-refractivity contribution >= 4 is 5.91 Å². The van der Waals surface area contributed by atoms with E-state index in [0.717, 1.165) is 37.8 Å². The first kappa shape index (κ1) is 19.9. The van der Waals surface area contributed by atoms with Gasteiger partial charge < -0.3 is 15.2 Å². The van der Waals surface area contributed by atoms with Crippen molar-refractivity contribution in [1.82, 2.24) is 15.2 Å². The Hall–Kier alpha value is -2.40. The number of aromatic nitrogens is 1. The van der Waals surface area contributed by atoms with Gasteiger partial charge in [0.25, 0.3) is 11.5 Å². The molecule has 5 heteroatoms. The molecule has 0 spiro atoms. The van der Waals surface area contributed by atoms with E-state index in [1.165, 1.54) is 12.0 Å². The van der Waals surface area contributed by atoms with E-state index in [1.54, 1.807) is 6.07 Å². The van der Waals surface area contributed by atoms with Gasteiger partial charge in [0.1, 0.15) is 5.56 Å². The number of carbonyl (C=O) groups is 1. The van der Waals surface area contributed by atoms with Gasteiger partial charge in [0.2, 0.25) is 0 Å². The molecule has 1 aromatic carbocycles. The zero-order valence-electron chi connectivity index (χ0n) is 17.4. The summed E-state index contributed by atoms with van der Waals surface area (Å²) in [4.78, 5) is 30.7. The molecule has 29 heavy (non-hydrogen) atoms. The number of hydrogen-bond donors (Lipinski definition) is 2. The fourth-order valence-corrected chi connectivity index (χ4v) is 5.16. The van der Waals surface area contributed by atoms with Crippen LogP contribution in [0.15, 0.2) is 47.3 Å². The van der Waals surface area contributed by atoms with Crippen LogP contribution in [0.25, 0.3) is 0 Å². The highest BCUT2D eigenvalue weighted by molar-refractivity contribution is 5.94. The third-order valence-corrected chi connectivity index (χ3v) is 6.69. The summed E-state index contributed by atoms with van der Waals surface area (Å²) in [6.45, 7) is 4.75. The van der Waals surface area contributed by atoms with Crippen molar-refractivity contribution in [2.75, 3.05) is 6.54 Å². The van der Waals surface area contributed by atoms with Gasteiger partial charge in [-0.25, -0.2) is 0 Å².